The monoisotopic (exact) mass is 237 g/mol. The van der Waals surface area contributed by atoms with Crippen molar-refractivity contribution >= 4 is 17.1 Å². The summed E-state index contributed by atoms with van der Waals surface area (Å²) in [6, 6.07) is 4.06. The second kappa shape index (κ2) is 6.16. The molecule has 0 radical (unpaired) electrons. The van der Waals surface area contributed by atoms with Gasteiger partial charge in [0.15, 0.2) is 0 Å². The number of carbonyl (C=O) groups excluding carboxylic acids is 1. The van der Waals surface area contributed by atoms with E-state index < -0.39 is 0 Å². The van der Waals surface area contributed by atoms with Gasteiger partial charge >= 0.3 is 0 Å². The molecule has 1 N–H and O–H groups in total. The molecule has 2 nitrogen and oxygen atoms in total. The molecule has 0 atom stereocenters. The minimum atomic E-state index is 0.404. The van der Waals surface area contributed by atoms with Gasteiger partial charge in [0.25, 0.3) is 0 Å². The molecule has 88 valence electrons. The van der Waals surface area contributed by atoms with Gasteiger partial charge < -0.3 is 5.32 Å². The van der Waals surface area contributed by atoms with Gasteiger partial charge in [-0.1, -0.05) is 6.07 Å². The van der Waals surface area contributed by atoms with Gasteiger partial charge in [0, 0.05) is 17.7 Å². The van der Waals surface area contributed by atoms with Crippen LogP contribution in [0.1, 0.15) is 30.6 Å². The summed E-state index contributed by atoms with van der Waals surface area (Å²) in [5.41, 5.74) is 0. The number of hydrogen-bond acceptors (Lipinski definition) is 3. The number of rotatable bonds is 5. The Bertz CT molecular complexity index is 315. The third-order valence-electron chi connectivity index (χ3n) is 3.24. The molecule has 1 saturated heterocycles. The van der Waals surface area contributed by atoms with Crippen LogP contribution in [0.5, 0.6) is 0 Å². The molecule has 1 aromatic rings. The minimum absolute atomic E-state index is 0.404. The average molecular weight is 237 g/mol. The molecule has 1 fully saturated rings. The molecular formula is C13H19NOS. The second-order valence-corrected chi connectivity index (χ2v) is 5.56. The zero-order valence-electron chi connectivity index (χ0n) is 9.58. The first-order chi connectivity index (χ1) is 7.84. The molecule has 0 saturated carbocycles. The van der Waals surface area contributed by atoms with Crippen LogP contribution in [0.3, 0.4) is 0 Å². The fraction of sp³-hybridized carbons (Fsp3) is 0.615. The number of nitrogens with one attached hydrogen (secondary N) is 1. The minimum Gasteiger partial charge on any atom is -0.317 e. The third-order valence-corrected chi connectivity index (χ3v) is 4.12. The van der Waals surface area contributed by atoms with E-state index in [2.05, 4.69) is 5.32 Å². The van der Waals surface area contributed by atoms with Crippen LogP contribution in [-0.2, 0) is 11.2 Å². The molecule has 2 rings (SSSR count). The smallest absolute Gasteiger partial charge is 0.138 e. The number of piperidine rings is 1. The first-order valence-corrected chi connectivity index (χ1v) is 6.97. The first-order valence-electron chi connectivity index (χ1n) is 6.09. The average Bonchev–Trinajstić information content (AvgIpc) is 2.81. The quantitative estimate of drug-likeness (QED) is 0.853. The topological polar surface area (TPSA) is 29.1 Å². The second-order valence-electron chi connectivity index (χ2n) is 4.53. The van der Waals surface area contributed by atoms with Crippen molar-refractivity contribution in [2.24, 2.45) is 5.92 Å². The molecule has 16 heavy (non-hydrogen) atoms. The van der Waals surface area contributed by atoms with Crippen LogP contribution >= 0.6 is 11.3 Å². The fourth-order valence-corrected chi connectivity index (χ4v) is 2.96. The van der Waals surface area contributed by atoms with Crippen molar-refractivity contribution in [3.05, 3.63) is 22.4 Å². The highest BCUT2D eigenvalue weighted by Crippen LogP contribution is 2.19. The number of thiophene rings is 1. The molecule has 0 aromatic carbocycles. The largest absolute Gasteiger partial charge is 0.317 e. The van der Waals surface area contributed by atoms with Crippen molar-refractivity contribution in [3.8, 4) is 0 Å². The molecule has 2 heterocycles. The summed E-state index contributed by atoms with van der Waals surface area (Å²) >= 11 is 1.68. The number of Topliss-reactive ketones (excluding diaryl/α,β-unsaturated/α-hetero) is 1. The maximum atomic E-state index is 11.7. The standard InChI is InChI=1S/C13H19NOS/c15-12(10-13-2-1-9-16-13)4-3-11-5-7-14-8-6-11/h1-2,9,11,14H,3-8,10H2. The Kier molecular flexibility index (Phi) is 4.55. The molecule has 0 spiro atoms. The Balaban J connectivity index is 1.67. The van der Waals surface area contributed by atoms with Gasteiger partial charge in [-0.05, 0) is 49.7 Å². The summed E-state index contributed by atoms with van der Waals surface area (Å²) in [5.74, 6) is 1.18. The molecule has 3 heteroatoms. The zero-order valence-corrected chi connectivity index (χ0v) is 10.4. The maximum Gasteiger partial charge on any atom is 0.138 e. The van der Waals surface area contributed by atoms with Crippen LogP contribution in [0.15, 0.2) is 17.5 Å². The van der Waals surface area contributed by atoms with E-state index in [4.69, 9.17) is 0 Å². The van der Waals surface area contributed by atoms with Gasteiger partial charge in [-0.2, -0.15) is 0 Å². The van der Waals surface area contributed by atoms with Crippen molar-refractivity contribution in [2.45, 2.75) is 32.1 Å². The normalized spacial score (nSPS) is 17.5. The summed E-state index contributed by atoms with van der Waals surface area (Å²) in [5, 5.41) is 5.39. The van der Waals surface area contributed by atoms with Crippen LogP contribution in [0.25, 0.3) is 0 Å². The molecule has 1 aliphatic heterocycles. The molecule has 0 aliphatic carbocycles. The lowest BCUT2D eigenvalue weighted by Gasteiger charge is -2.21. The van der Waals surface area contributed by atoms with Crippen molar-refractivity contribution in [1.29, 1.82) is 0 Å². The summed E-state index contributed by atoms with van der Waals surface area (Å²) in [6.07, 6.45) is 4.98. The lowest BCUT2D eigenvalue weighted by atomic mass is 9.92. The molecule has 0 unspecified atom stereocenters. The van der Waals surface area contributed by atoms with Crippen LogP contribution in [0, 0.1) is 5.92 Å². The van der Waals surface area contributed by atoms with Crippen LogP contribution in [0.2, 0.25) is 0 Å². The molecule has 1 aromatic heterocycles. The van der Waals surface area contributed by atoms with Gasteiger partial charge in [-0.3, -0.25) is 4.79 Å². The van der Waals surface area contributed by atoms with Crippen molar-refractivity contribution < 1.29 is 4.79 Å². The summed E-state index contributed by atoms with van der Waals surface area (Å²) < 4.78 is 0. The van der Waals surface area contributed by atoms with Gasteiger partial charge in [-0.15, -0.1) is 11.3 Å². The van der Waals surface area contributed by atoms with Crippen LogP contribution in [0.4, 0.5) is 0 Å². The lowest BCUT2D eigenvalue weighted by Crippen LogP contribution is -2.28. The zero-order chi connectivity index (χ0) is 11.2. The van der Waals surface area contributed by atoms with E-state index >= 15 is 0 Å². The summed E-state index contributed by atoms with van der Waals surface area (Å²) in [7, 11) is 0. The Morgan fingerprint density at radius 3 is 2.94 bits per heavy atom. The van der Waals surface area contributed by atoms with E-state index in [1.54, 1.807) is 11.3 Å². The van der Waals surface area contributed by atoms with Gasteiger partial charge in [0.2, 0.25) is 0 Å². The first kappa shape index (κ1) is 11.8. The predicted octanol–water partition coefficient (Wildman–Crippen LogP) is 2.64. The Labute approximate surface area is 101 Å². The maximum absolute atomic E-state index is 11.7. The Morgan fingerprint density at radius 1 is 1.44 bits per heavy atom. The predicted molar refractivity (Wildman–Crippen MR) is 67.9 cm³/mol. The van der Waals surface area contributed by atoms with Crippen molar-refractivity contribution in [2.75, 3.05) is 13.1 Å². The van der Waals surface area contributed by atoms with E-state index in [1.165, 1.54) is 17.7 Å². The van der Waals surface area contributed by atoms with E-state index in [-0.39, 0.29) is 0 Å². The molecular weight excluding hydrogens is 218 g/mol. The van der Waals surface area contributed by atoms with Crippen LogP contribution in [-0.4, -0.2) is 18.9 Å². The lowest BCUT2D eigenvalue weighted by molar-refractivity contribution is -0.118. The summed E-state index contributed by atoms with van der Waals surface area (Å²) in [4.78, 5) is 12.9. The van der Waals surface area contributed by atoms with E-state index in [1.807, 2.05) is 17.5 Å². The molecule has 0 amide bonds. The van der Waals surface area contributed by atoms with E-state index in [0.717, 1.165) is 31.8 Å². The van der Waals surface area contributed by atoms with Gasteiger partial charge in [-0.25, -0.2) is 0 Å². The highest BCUT2D eigenvalue weighted by molar-refractivity contribution is 7.10. The third kappa shape index (κ3) is 3.72. The SMILES string of the molecule is O=C(CCC1CCNCC1)Cc1cccs1. The highest BCUT2D eigenvalue weighted by atomic mass is 32.1. The number of ketones is 1. The van der Waals surface area contributed by atoms with Gasteiger partial charge in [0.05, 0.1) is 0 Å². The number of hydrogen-bond donors (Lipinski definition) is 1. The van der Waals surface area contributed by atoms with E-state index in [0.29, 0.717) is 12.2 Å². The van der Waals surface area contributed by atoms with Gasteiger partial charge in [0.1, 0.15) is 5.78 Å². The Hall–Kier alpha value is -0.670. The van der Waals surface area contributed by atoms with Crippen LogP contribution < -0.4 is 5.32 Å². The molecule has 1 aliphatic rings. The Morgan fingerprint density at radius 2 is 2.25 bits per heavy atom. The summed E-state index contributed by atoms with van der Waals surface area (Å²) in [6.45, 7) is 2.26. The number of carbonyl (C=O) groups is 1. The van der Waals surface area contributed by atoms with E-state index in [9.17, 15) is 4.79 Å². The molecule has 0 bridgehead atoms. The van der Waals surface area contributed by atoms with Crippen molar-refractivity contribution in [3.63, 3.8) is 0 Å². The highest BCUT2D eigenvalue weighted by Gasteiger charge is 2.14. The van der Waals surface area contributed by atoms with Crippen molar-refractivity contribution in [1.82, 2.24) is 5.32 Å². The fourth-order valence-electron chi connectivity index (χ4n) is 2.23.